The van der Waals surface area contributed by atoms with Crippen LogP contribution in [0.15, 0.2) is 48.5 Å². The molecule has 2 aromatic carbocycles. The number of amides is 3. The minimum Gasteiger partial charge on any atom is -0.458 e. The number of aryl methyl sites for hydroxylation is 2. The first kappa shape index (κ1) is 34.3. The number of carbonyl (C=O) groups is 4. The molecule has 42 heavy (non-hydrogen) atoms. The molecule has 3 amide bonds. The van der Waals surface area contributed by atoms with E-state index in [9.17, 15) is 24.3 Å². The normalized spacial score (nSPS) is 13.0. The van der Waals surface area contributed by atoms with Gasteiger partial charge in [0.25, 0.3) is 0 Å². The van der Waals surface area contributed by atoms with E-state index in [-0.39, 0.29) is 13.0 Å². The summed E-state index contributed by atoms with van der Waals surface area (Å²) in [6.07, 6.45) is -0.629. The Bertz CT molecular complexity index is 1210. The molecule has 0 bridgehead atoms. The molecule has 0 radical (unpaired) electrons. The van der Waals surface area contributed by atoms with E-state index in [1.807, 2.05) is 62.4 Å². The molecule has 2 unspecified atom stereocenters. The van der Waals surface area contributed by atoms with Crippen molar-refractivity contribution in [1.29, 1.82) is 0 Å². The van der Waals surface area contributed by atoms with E-state index < -0.39 is 60.3 Å². The van der Waals surface area contributed by atoms with Crippen molar-refractivity contribution in [3.63, 3.8) is 0 Å². The van der Waals surface area contributed by atoms with Gasteiger partial charge in [0.15, 0.2) is 0 Å². The molecule has 2 aromatic rings. The molecular weight excluding hydrogens is 538 g/mol. The van der Waals surface area contributed by atoms with Crippen molar-refractivity contribution in [3.05, 3.63) is 70.8 Å². The van der Waals surface area contributed by atoms with Crippen molar-refractivity contribution in [2.45, 2.75) is 85.1 Å². The maximum atomic E-state index is 14.2. The fourth-order valence-corrected chi connectivity index (χ4v) is 4.42. The zero-order valence-corrected chi connectivity index (χ0v) is 25.9. The molecule has 2 atom stereocenters. The lowest BCUT2D eigenvalue weighted by atomic mass is 9.93. The van der Waals surface area contributed by atoms with E-state index in [2.05, 4.69) is 10.6 Å². The van der Waals surface area contributed by atoms with Gasteiger partial charge in [-0.05, 0) is 77.6 Å². The average molecular weight is 584 g/mol. The molecule has 0 saturated carbocycles. The lowest BCUT2D eigenvalue weighted by Crippen LogP contribution is -2.53. The summed E-state index contributed by atoms with van der Waals surface area (Å²) < 4.78 is 10.9. The maximum absolute atomic E-state index is 14.2. The van der Waals surface area contributed by atoms with Gasteiger partial charge in [0.1, 0.15) is 29.8 Å². The predicted molar refractivity (Wildman–Crippen MR) is 160 cm³/mol. The highest BCUT2D eigenvalue weighted by molar-refractivity contribution is 5.93. The van der Waals surface area contributed by atoms with Crippen LogP contribution in [0.1, 0.15) is 69.8 Å². The molecule has 230 valence electrons. The number of rotatable bonds is 11. The number of aliphatic hydroxyl groups excluding tert-OH is 1. The highest BCUT2D eigenvalue weighted by atomic mass is 16.6. The topological polar surface area (TPSA) is 134 Å². The number of ether oxygens (including phenoxy) is 2. The quantitative estimate of drug-likeness (QED) is 0.343. The Kier molecular flexibility index (Phi) is 12.1. The summed E-state index contributed by atoms with van der Waals surface area (Å²) in [6, 6.07) is 12.4. The van der Waals surface area contributed by atoms with E-state index >= 15 is 0 Å². The Morgan fingerprint density at radius 3 is 1.95 bits per heavy atom. The summed E-state index contributed by atoms with van der Waals surface area (Å²) in [5.41, 5.74) is 1.27. The van der Waals surface area contributed by atoms with Gasteiger partial charge in [-0.2, -0.15) is 0 Å². The van der Waals surface area contributed by atoms with Gasteiger partial charge in [-0.3, -0.25) is 9.59 Å². The largest absolute Gasteiger partial charge is 0.458 e. The fourth-order valence-electron chi connectivity index (χ4n) is 4.42. The molecule has 0 heterocycles. The average Bonchev–Trinajstić information content (AvgIpc) is 2.86. The minimum atomic E-state index is -1.22. The third-order valence-electron chi connectivity index (χ3n) is 6.11. The van der Waals surface area contributed by atoms with Crippen molar-refractivity contribution >= 4 is 23.9 Å². The summed E-state index contributed by atoms with van der Waals surface area (Å²) in [6.45, 7) is 12.9. The van der Waals surface area contributed by atoms with Crippen LogP contribution in [0, 0.1) is 13.8 Å². The Morgan fingerprint density at radius 2 is 1.43 bits per heavy atom. The van der Waals surface area contributed by atoms with E-state index in [0.29, 0.717) is 5.56 Å². The summed E-state index contributed by atoms with van der Waals surface area (Å²) in [5.74, 6) is -1.86. The van der Waals surface area contributed by atoms with Gasteiger partial charge in [0.2, 0.25) is 11.8 Å². The summed E-state index contributed by atoms with van der Waals surface area (Å²) in [7, 11) is 0. The zero-order valence-electron chi connectivity index (χ0n) is 25.9. The van der Waals surface area contributed by atoms with Gasteiger partial charge in [-0.15, -0.1) is 0 Å². The molecule has 0 spiro atoms. The van der Waals surface area contributed by atoms with Crippen molar-refractivity contribution in [1.82, 2.24) is 15.5 Å². The molecule has 2 rings (SSSR count). The highest BCUT2D eigenvalue weighted by Crippen LogP contribution is 2.28. The van der Waals surface area contributed by atoms with E-state index in [4.69, 9.17) is 9.47 Å². The van der Waals surface area contributed by atoms with E-state index in [1.54, 1.807) is 41.5 Å². The fraction of sp³-hybridized carbons (Fsp3) is 0.500. The van der Waals surface area contributed by atoms with Crippen molar-refractivity contribution in [3.8, 4) is 0 Å². The molecule has 0 fully saturated rings. The summed E-state index contributed by atoms with van der Waals surface area (Å²) in [5, 5.41) is 15.2. The van der Waals surface area contributed by atoms with Gasteiger partial charge in [0.05, 0.1) is 6.61 Å². The molecular formula is C32H45N3O7. The second kappa shape index (κ2) is 14.8. The molecule has 0 aromatic heterocycles. The van der Waals surface area contributed by atoms with Crippen LogP contribution >= 0.6 is 0 Å². The second-order valence-corrected chi connectivity index (χ2v) is 12.2. The zero-order chi connectivity index (χ0) is 31.7. The van der Waals surface area contributed by atoms with Gasteiger partial charge in [0, 0.05) is 13.0 Å². The van der Waals surface area contributed by atoms with Crippen molar-refractivity contribution in [2.24, 2.45) is 0 Å². The maximum Gasteiger partial charge on any atom is 0.408 e. The molecule has 0 saturated heterocycles. The van der Waals surface area contributed by atoms with Crippen LogP contribution in [-0.4, -0.2) is 70.8 Å². The van der Waals surface area contributed by atoms with Crippen LogP contribution in [0.3, 0.4) is 0 Å². The first-order chi connectivity index (χ1) is 19.5. The number of nitrogens with zero attached hydrogens (tertiary/aromatic N) is 1. The predicted octanol–water partition coefficient (Wildman–Crippen LogP) is 3.76. The monoisotopic (exact) mass is 583 g/mol. The molecule has 3 N–H and O–H groups in total. The molecule has 0 aliphatic carbocycles. The van der Waals surface area contributed by atoms with Gasteiger partial charge < -0.3 is 30.1 Å². The Morgan fingerprint density at radius 1 is 0.857 bits per heavy atom. The van der Waals surface area contributed by atoms with Crippen LogP contribution in [-0.2, 0) is 30.3 Å². The second-order valence-electron chi connectivity index (χ2n) is 12.2. The number of carbonyl (C=O) groups excluding carboxylic acids is 4. The standard InChI is InChI=1S/C32H45N3O7/c1-21-13-12-14-22(2)26(21)27(35(17-18-36)25(37)20-33-30(40)42-32(6,7)8)28(38)34-24(29(39)41-31(3,4)5)19-23-15-10-9-11-16-23/h9-16,24,27,36H,17-20H2,1-8H3,(H,33,40)(H,34,38). The first-order valence-electron chi connectivity index (χ1n) is 14.0. The Balaban J connectivity index is 2.49. The summed E-state index contributed by atoms with van der Waals surface area (Å²) in [4.78, 5) is 54.4. The van der Waals surface area contributed by atoms with Crippen LogP contribution in [0.5, 0.6) is 0 Å². The van der Waals surface area contributed by atoms with Crippen molar-refractivity contribution < 1.29 is 33.8 Å². The SMILES string of the molecule is Cc1cccc(C)c1C(C(=O)NC(Cc1ccccc1)C(=O)OC(C)(C)C)N(CCO)C(=O)CNC(=O)OC(C)(C)C. The third kappa shape index (κ3) is 10.8. The third-order valence-corrected chi connectivity index (χ3v) is 6.11. The van der Waals surface area contributed by atoms with E-state index in [1.165, 1.54) is 4.90 Å². The molecule has 10 heteroatoms. The lowest BCUT2D eigenvalue weighted by Gasteiger charge is -2.34. The van der Waals surface area contributed by atoms with Crippen LogP contribution in [0.2, 0.25) is 0 Å². The minimum absolute atomic E-state index is 0.162. The first-order valence-corrected chi connectivity index (χ1v) is 14.0. The number of nitrogens with one attached hydrogen (secondary N) is 2. The van der Waals surface area contributed by atoms with Crippen molar-refractivity contribution in [2.75, 3.05) is 19.7 Å². The molecule has 0 aliphatic rings. The van der Waals surface area contributed by atoms with Crippen LogP contribution in [0.4, 0.5) is 4.79 Å². The van der Waals surface area contributed by atoms with E-state index in [0.717, 1.165) is 16.7 Å². The number of hydrogen-bond donors (Lipinski definition) is 3. The van der Waals surface area contributed by atoms with Crippen LogP contribution < -0.4 is 10.6 Å². The number of benzene rings is 2. The Hall–Kier alpha value is -3.92. The smallest absolute Gasteiger partial charge is 0.408 e. The van der Waals surface area contributed by atoms with Crippen LogP contribution in [0.25, 0.3) is 0 Å². The summed E-state index contributed by atoms with van der Waals surface area (Å²) >= 11 is 0. The van der Waals surface area contributed by atoms with Gasteiger partial charge >= 0.3 is 12.1 Å². The number of hydrogen-bond acceptors (Lipinski definition) is 7. The highest BCUT2D eigenvalue weighted by Gasteiger charge is 2.36. The molecule has 10 nitrogen and oxygen atoms in total. The Labute approximate surface area is 248 Å². The molecule has 0 aliphatic heterocycles. The number of alkyl carbamates (subject to hydrolysis) is 1. The number of aliphatic hydroxyl groups is 1. The van der Waals surface area contributed by atoms with Gasteiger partial charge in [-0.25, -0.2) is 9.59 Å². The lowest BCUT2D eigenvalue weighted by molar-refractivity contribution is -0.159. The van der Waals surface area contributed by atoms with Gasteiger partial charge in [-0.1, -0.05) is 48.5 Å². The number of esters is 1.